The molecular formula is C58H36N2O2. The molecule has 4 nitrogen and oxygen atoms in total. The van der Waals surface area contributed by atoms with Gasteiger partial charge in [0.25, 0.3) is 0 Å². The van der Waals surface area contributed by atoms with Gasteiger partial charge in [-0.15, -0.1) is 0 Å². The summed E-state index contributed by atoms with van der Waals surface area (Å²) in [7, 11) is 0. The van der Waals surface area contributed by atoms with Gasteiger partial charge < -0.3 is 18.3 Å². The van der Waals surface area contributed by atoms with Crippen LogP contribution in [0.25, 0.3) is 104 Å². The van der Waals surface area contributed by atoms with Gasteiger partial charge in [0.05, 0.1) is 28.1 Å². The molecule has 62 heavy (non-hydrogen) atoms. The van der Waals surface area contributed by atoms with Crippen LogP contribution < -0.4 is 4.90 Å². The summed E-state index contributed by atoms with van der Waals surface area (Å²) in [5, 5.41) is 9.16. The van der Waals surface area contributed by atoms with Crippen molar-refractivity contribution in [2.45, 2.75) is 0 Å². The van der Waals surface area contributed by atoms with E-state index in [9.17, 15) is 0 Å². The van der Waals surface area contributed by atoms with Crippen molar-refractivity contribution in [3.8, 4) is 27.9 Å². The summed E-state index contributed by atoms with van der Waals surface area (Å²) in [6.45, 7) is 0. The second-order valence-corrected chi connectivity index (χ2v) is 16.0. The molecule has 0 saturated heterocycles. The molecule has 13 aromatic rings. The van der Waals surface area contributed by atoms with Crippen molar-refractivity contribution in [2.75, 3.05) is 4.90 Å². The van der Waals surface area contributed by atoms with Crippen LogP contribution in [0, 0.1) is 0 Å². The Bertz CT molecular complexity index is 3830. The molecule has 0 bridgehead atoms. The summed E-state index contributed by atoms with van der Waals surface area (Å²) in [5.41, 5.74) is 14.3. The highest BCUT2D eigenvalue weighted by atomic mass is 16.3. The smallest absolute Gasteiger partial charge is 0.143 e. The number of benzene rings is 10. The van der Waals surface area contributed by atoms with Crippen LogP contribution in [0.2, 0.25) is 0 Å². The van der Waals surface area contributed by atoms with Crippen molar-refractivity contribution in [1.29, 1.82) is 0 Å². The molecule has 0 unspecified atom stereocenters. The van der Waals surface area contributed by atoms with E-state index in [1.165, 1.54) is 10.8 Å². The molecule has 0 amide bonds. The second kappa shape index (κ2) is 13.6. The highest BCUT2D eigenvalue weighted by molar-refractivity contribution is 6.18. The number of para-hydroxylation sites is 8. The Kier molecular flexibility index (Phi) is 7.57. The molecular weight excluding hydrogens is 757 g/mol. The zero-order chi connectivity index (χ0) is 40.7. The normalized spacial score (nSPS) is 11.9. The van der Waals surface area contributed by atoms with Crippen LogP contribution in [0.15, 0.2) is 227 Å². The third-order valence-corrected chi connectivity index (χ3v) is 12.6. The van der Waals surface area contributed by atoms with E-state index in [-0.39, 0.29) is 0 Å². The van der Waals surface area contributed by atoms with Crippen molar-refractivity contribution in [1.82, 2.24) is 4.57 Å². The number of rotatable bonds is 6. The zero-order valence-corrected chi connectivity index (χ0v) is 33.5. The zero-order valence-electron chi connectivity index (χ0n) is 33.5. The third kappa shape index (κ3) is 5.14. The first-order chi connectivity index (χ1) is 30.8. The lowest BCUT2D eigenvalue weighted by Gasteiger charge is -2.30. The quantitative estimate of drug-likeness (QED) is 0.168. The highest BCUT2D eigenvalue weighted by Crippen LogP contribution is 2.48. The number of fused-ring (bicyclic) bond motifs is 11. The first-order valence-electron chi connectivity index (χ1n) is 21.1. The molecule has 0 aliphatic rings. The van der Waals surface area contributed by atoms with E-state index < -0.39 is 0 Å². The number of furan rings is 2. The number of anilines is 3. The van der Waals surface area contributed by atoms with Gasteiger partial charge in [-0.05, 0) is 65.5 Å². The SMILES string of the molecule is c1ccc(N(c2ccc(-c3cccc4c3oc3ccccc34)cc2)c2ccccc2-n2c3ccccc3c3ccccc32)c(-c2cccc3c2oc2c4ccccc4ccc32)c1. The van der Waals surface area contributed by atoms with E-state index in [2.05, 4.69) is 216 Å². The average Bonchev–Trinajstić information content (AvgIpc) is 4.02. The average molecular weight is 793 g/mol. The lowest BCUT2D eigenvalue weighted by Crippen LogP contribution is -2.14. The first-order valence-corrected chi connectivity index (χ1v) is 21.1. The van der Waals surface area contributed by atoms with Gasteiger partial charge >= 0.3 is 0 Å². The van der Waals surface area contributed by atoms with Gasteiger partial charge in [0.2, 0.25) is 0 Å². The monoisotopic (exact) mass is 792 g/mol. The van der Waals surface area contributed by atoms with Crippen LogP contribution in [0.5, 0.6) is 0 Å². The van der Waals surface area contributed by atoms with Crippen molar-refractivity contribution in [3.63, 3.8) is 0 Å². The van der Waals surface area contributed by atoms with E-state index >= 15 is 0 Å². The summed E-state index contributed by atoms with van der Waals surface area (Å²) in [6.07, 6.45) is 0. The van der Waals surface area contributed by atoms with E-state index in [0.717, 1.165) is 111 Å². The molecule has 290 valence electrons. The van der Waals surface area contributed by atoms with Gasteiger partial charge in [0, 0.05) is 60.1 Å². The summed E-state index contributed by atoms with van der Waals surface area (Å²) < 4.78 is 15.9. The molecule has 0 fully saturated rings. The lowest BCUT2D eigenvalue weighted by molar-refractivity contribution is 0.670. The van der Waals surface area contributed by atoms with Crippen molar-refractivity contribution in [2.24, 2.45) is 0 Å². The molecule has 0 aliphatic heterocycles. The maximum Gasteiger partial charge on any atom is 0.143 e. The topological polar surface area (TPSA) is 34.5 Å². The van der Waals surface area contributed by atoms with E-state index in [4.69, 9.17) is 8.83 Å². The highest BCUT2D eigenvalue weighted by Gasteiger charge is 2.25. The summed E-state index contributed by atoms with van der Waals surface area (Å²) in [6, 6.07) is 77.9. The van der Waals surface area contributed by atoms with Crippen molar-refractivity contribution >= 4 is 93.5 Å². The van der Waals surface area contributed by atoms with Gasteiger partial charge in [0.1, 0.15) is 22.3 Å². The third-order valence-electron chi connectivity index (χ3n) is 12.6. The Morgan fingerprint density at radius 2 is 0.871 bits per heavy atom. The van der Waals surface area contributed by atoms with Crippen LogP contribution in [-0.2, 0) is 0 Å². The number of hydrogen-bond donors (Lipinski definition) is 0. The largest absolute Gasteiger partial charge is 0.455 e. The maximum absolute atomic E-state index is 6.97. The molecule has 0 radical (unpaired) electrons. The van der Waals surface area contributed by atoms with Gasteiger partial charge in [0.15, 0.2) is 0 Å². The molecule has 3 aromatic heterocycles. The predicted octanol–water partition coefficient (Wildman–Crippen LogP) is 16.5. The predicted molar refractivity (Wildman–Crippen MR) is 258 cm³/mol. The number of hydrogen-bond acceptors (Lipinski definition) is 3. The van der Waals surface area contributed by atoms with Crippen LogP contribution in [-0.4, -0.2) is 4.57 Å². The minimum atomic E-state index is 0.871. The maximum atomic E-state index is 6.97. The van der Waals surface area contributed by atoms with Crippen LogP contribution in [0.3, 0.4) is 0 Å². The van der Waals surface area contributed by atoms with Crippen molar-refractivity contribution < 1.29 is 8.83 Å². The fraction of sp³-hybridized carbons (Fsp3) is 0. The van der Waals surface area contributed by atoms with Crippen molar-refractivity contribution in [3.05, 3.63) is 218 Å². The molecule has 0 saturated carbocycles. The van der Waals surface area contributed by atoms with E-state index in [1.54, 1.807) is 0 Å². The minimum Gasteiger partial charge on any atom is -0.455 e. The fourth-order valence-corrected chi connectivity index (χ4v) is 9.83. The van der Waals surface area contributed by atoms with Crippen LogP contribution in [0.4, 0.5) is 17.1 Å². The Morgan fingerprint density at radius 1 is 0.323 bits per heavy atom. The van der Waals surface area contributed by atoms with Gasteiger partial charge in [-0.2, -0.15) is 0 Å². The fourth-order valence-electron chi connectivity index (χ4n) is 9.83. The Morgan fingerprint density at radius 3 is 1.66 bits per heavy atom. The Labute approximate surface area is 356 Å². The Balaban J connectivity index is 1.06. The molecule has 0 aliphatic carbocycles. The molecule has 0 N–H and O–H groups in total. The standard InChI is InChI=1S/C58H36N2O2/c1-2-16-40-37(15-1)33-36-49-48-24-14-22-46(58(48)62-57(40)49)44-19-5-7-25-50(44)59(39-34-31-38(32-35-39)41-21-13-23-47-45-20-6-12-30-55(45)61-56(41)47)53-28-10-11-29-54(53)60-51-26-8-3-17-42(51)43-18-4-9-27-52(43)60/h1-36H. The minimum absolute atomic E-state index is 0.871. The summed E-state index contributed by atoms with van der Waals surface area (Å²) in [5.74, 6) is 0. The van der Waals surface area contributed by atoms with Gasteiger partial charge in [-0.1, -0.05) is 164 Å². The van der Waals surface area contributed by atoms with E-state index in [1.807, 2.05) is 12.1 Å². The van der Waals surface area contributed by atoms with E-state index in [0.29, 0.717) is 0 Å². The number of aromatic nitrogens is 1. The van der Waals surface area contributed by atoms with Crippen LogP contribution >= 0.6 is 0 Å². The van der Waals surface area contributed by atoms with Crippen LogP contribution in [0.1, 0.15) is 0 Å². The lowest BCUT2D eigenvalue weighted by atomic mass is 9.98. The summed E-state index contributed by atoms with van der Waals surface area (Å²) in [4.78, 5) is 2.41. The Hall–Kier alpha value is -8.34. The van der Waals surface area contributed by atoms with Gasteiger partial charge in [-0.3, -0.25) is 0 Å². The molecule has 3 heterocycles. The molecule has 0 spiro atoms. The second-order valence-electron chi connectivity index (χ2n) is 16.0. The first kappa shape index (κ1) is 34.5. The van der Waals surface area contributed by atoms with Gasteiger partial charge in [-0.25, -0.2) is 0 Å². The molecule has 13 rings (SSSR count). The summed E-state index contributed by atoms with van der Waals surface area (Å²) >= 11 is 0. The number of nitrogens with zero attached hydrogens (tertiary/aromatic N) is 2. The molecule has 0 atom stereocenters. The molecule has 10 aromatic carbocycles. The molecule has 4 heteroatoms.